The quantitative estimate of drug-likeness (QED) is 0.557. The zero-order chi connectivity index (χ0) is 19.3. The summed E-state index contributed by atoms with van der Waals surface area (Å²) < 4.78 is 14.9. The van der Waals surface area contributed by atoms with Crippen LogP contribution in [0.3, 0.4) is 0 Å². The fraction of sp³-hybridized carbons (Fsp3) is 0.0435. The van der Waals surface area contributed by atoms with E-state index in [4.69, 9.17) is 5.10 Å². The molecule has 1 aromatic heterocycles. The van der Waals surface area contributed by atoms with Crippen LogP contribution in [0.25, 0.3) is 16.9 Å². The molecule has 3 aromatic carbocycles. The van der Waals surface area contributed by atoms with E-state index < -0.39 is 0 Å². The Hall–Kier alpha value is -3.73. The van der Waals surface area contributed by atoms with Gasteiger partial charge in [0.1, 0.15) is 5.82 Å². The molecular weight excluding hydrogens is 353 g/mol. The van der Waals surface area contributed by atoms with Crippen LogP contribution in [0.1, 0.15) is 15.9 Å². The summed E-state index contributed by atoms with van der Waals surface area (Å²) in [5, 5.41) is 7.62. The van der Waals surface area contributed by atoms with Crippen LogP contribution in [0.15, 0.2) is 91.1 Å². The Labute approximate surface area is 162 Å². The molecule has 0 saturated carbocycles. The highest BCUT2D eigenvalue weighted by Crippen LogP contribution is 2.23. The van der Waals surface area contributed by atoms with Crippen molar-refractivity contribution in [1.82, 2.24) is 15.1 Å². The third kappa shape index (κ3) is 3.83. The van der Waals surface area contributed by atoms with Gasteiger partial charge in [-0.05, 0) is 36.4 Å². The third-order valence-corrected chi connectivity index (χ3v) is 4.40. The summed E-state index contributed by atoms with van der Waals surface area (Å²) in [6.45, 7) is 0.313. The Bertz CT molecular complexity index is 1070. The summed E-state index contributed by atoms with van der Waals surface area (Å²) in [5.41, 5.74) is 4.03. The maximum Gasteiger partial charge on any atom is 0.251 e. The summed E-state index contributed by atoms with van der Waals surface area (Å²) in [6.07, 6.45) is 1.92. The van der Waals surface area contributed by atoms with Crippen LogP contribution in [-0.2, 0) is 6.54 Å². The SMILES string of the molecule is O=C(NCc1cn(-c2ccccc2)nc1-c1ccccc1)c1ccc(F)cc1. The monoisotopic (exact) mass is 371 g/mol. The molecule has 1 amide bonds. The first-order valence-electron chi connectivity index (χ1n) is 8.94. The second-order valence-electron chi connectivity index (χ2n) is 6.34. The molecule has 0 radical (unpaired) electrons. The molecule has 0 aliphatic heterocycles. The fourth-order valence-electron chi connectivity index (χ4n) is 2.97. The predicted octanol–water partition coefficient (Wildman–Crippen LogP) is 4.61. The van der Waals surface area contributed by atoms with Crippen LogP contribution in [0.2, 0.25) is 0 Å². The highest BCUT2D eigenvalue weighted by molar-refractivity contribution is 5.94. The van der Waals surface area contributed by atoms with Gasteiger partial charge in [-0.2, -0.15) is 5.10 Å². The summed E-state index contributed by atoms with van der Waals surface area (Å²) in [5.74, 6) is -0.626. The van der Waals surface area contributed by atoms with Gasteiger partial charge >= 0.3 is 0 Å². The molecule has 0 spiro atoms. The van der Waals surface area contributed by atoms with Crippen molar-refractivity contribution in [1.29, 1.82) is 0 Å². The lowest BCUT2D eigenvalue weighted by Gasteiger charge is -2.06. The van der Waals surface area contributed by atoms with Gasteiger partial charge in [-0.3, -0.25) is 4.79 Å². The summed E-state index contributed by atoms with van der Waals surface area (Å²) in [6, 6.07) is 25.1. The Morgan fingerprint density at radius 3 is 2.21 bits per heavy atom. The standard InChI is InChI=1S/C23H18FN3O/c24-20-13-11-18(12-14-20)23(28)25-15-19-16-27(21-9-5-2-6-10-21)26-22(19)17-7-3-1-4-8-17/h1-14,16H,15H2,(H,25,28). The van der Waals surface area contributed by atoms with Gasteiger partial charge in [-0.1, -0.05) is 48.5 Å². The molecule has 4 aromatic rings. The van der Waals surface area contributed by atoms with Gasteiger partial charge in [0.05, 0.1) is 11.4 Å². The van der Waals surface area contributed by atoms with Crippen molar-refractivity contribution >= 4 is 5.91 Å². The number of benzene rings is 3. The average molecular weight is 371 g/mol. The number of halogens is 1. The zero-order valence-electron chi connectivity index (χ0n) is 15.0. The molecule has 4 rings (SSSR count). The minimum Gasteiger partial charge on any atom is -0.348 e. The smallest absolute Gasteiger partial charge is 0.251 e. The molecular formula is C23H18FN3O. The van der Waals surface area contributed by atoms with Gasteiger partial charge in [0.15, 0.2) is 0 Å². The van der Waals surface area contributed by atoms with Crippen LogP contribution in [0.5, 0.6) is 0 Å². The van der Waals surface area contributed by atoms with E-state index in [-0.39, 0.29) is 11.7 Å². The third-order valence-electron chi connectivity index (χ3n) is 4.40. The molecule has 4 nitrogen and oxygen atoms in total. The number of hydrogen-bond acceptors (Lipinski definition) is 2. The van der Waals surface area contributed by atoms with Crippen LogP contribution in [0.4, 0.5) is 4.39 Å². The number of hydrogen-bond donors (Lipinski definition) is 1. The number of para-hydroxylation sites is 1. The first-order valence-corrected chi connectivity index (χ1v) is 8.94. The molecule has 0 saturated heterocycles. The normalized spacial score (nSPS) is 10.6. The van der Waals surface area contributed by atoms with Gasteiger partial charge < -0.3 is 5.32 Å². The maximum absolute atomic E-state index is 13.1. The van der Waals surface area contributed by atoms with E-state index in [1.54, 1.807) is 0 Å². The van der Waals surface area contributed by atoms with Gasteiger partial charge in [0.25, 0.3) is 5.91 Å². The number of carbonyl (C=O) groups excluding carboxylic acids is 1. The minimum atomic E-state index is -0.368. The molecule has 0 aliphatic carbocycles. The van der Waals surface area contributed by atoms with Crippen LogP contribution < -0.4 is 5.32 Å². The van der Waals surface area contributed by atoms with Gasteiger partial charge in [0, 0.05) is 29.4 Å². The number of rotatable bonds is 5. The van der Waals surface area contributed by atoms with E-state index in [2.05, 4.69) is 5.32 Å². The van der Waals surface area contributed by atoms with Gasteiger partial charge in [-0.25, -0.2) is 9.07 Å². The van der Waals surface area contributed by atoms with E-state index in [1.165, 1.54) is 24.3 Å². The number of amides is 1. The zero-order valence-corrected chi connectivity index (χ0v) is 15.0. The number of aromatic nitrogens is 2. The molecule has 138 valence electrons. The Morgan fingerprint density at radius 2 is 1.54 bits per heavy atom. The lowest BCUT2D eigenvalue weighted by atomic mass is 10.1. The van der Waals surface area contributed by atoms with E-state index in [0.717, 1.165) is 22.5 Å². The Morgan fingerprint density at radius 1 is 0.893 bits per heavy atom. The Balaban J connectivity index is 1.62. The fourth-order valence-corrected chi connectivity index (χ4v) is 2.97. The van der Waals surface area contributed by atoms with Crippen molar-refractivity contribution in [2.45, 2.75) is 6.54 Å². The van der Waals surface area contributed by atoms with Crippen LogP contribution in [0, 0.1) is 5.82 Å². The molecule has 0 aliphatic rings. The molecule has 0 atom stereocenters. The molecule has 0 fully saturated rings. The number of carbonyl (C=O) groups is 1. The first kappa shape index (κ1) is 17.7. The minimum absolute atomic E-state index is 0.258. The number of nitrogens with one attached hydrogen (secondary N) is 1. The molecule has 1 heterocycles. The Kier molecular flexibility index (Phi) is 4.97. The average Bonchev–Trinajstić information content (AvgIpc) is 3.18. The molecule has 5 heteroatoms. The van der Waals surface area contributed by atoms with Crippen molar-refractivity contribution < 1.29 is 9.18 Å². The van der Waals surface area contributed by atoms with Crippen molar-refractivity contribution in [3.8, 4) is 16.9 Å². The second-order valence-corrected chi connectivity index (χ2v) is 6.34. The van der Waals surface area contributed by atoms with E-state index in [1.807, 2.05) is 71.5 Å². The highest BCUT2D eigenvalue weighted by Gasteiger charge is 2.14. The predicted molar refractivity (Wildman–Crippen MR) is 107 cm³/mol. The summed E-state index contributed by atoms with van der Waals surface area (Å²) in [7, 11) is 0. The lowest BCUT2D eigenvalue weighted by molar-refractivity contribution is 0.0951. The van der Waals surface area contributed by atoms with Crippen molar-refractivity contribution in [3.05, 3.63) is 108 Å². The lowest BCUT2D eigenvalue weighted by Crippen LogP contribution is -2.22. The molecule has 0 unspecified atom stereocenters. The van der Waals surface area contributed by atoms with E-state index in [0.29, 0.717) is 12.1 Å². The first-order chi connectivity index (χ1) is 13.7. The number of nitrogens with zero attached hydrogens (tertiary/aromatic N) is 2. The topological polar surface area (TPSA) is 46.9 Å². The van der Waals surface area contributed by atoms with Crippen molar-refractivity contribution in [2.24, 2.45) is 0 Å². The van der Waals surface area contributed by atoms with Crippen LogP contribution in [-0.4, -0.2) is 15.7 Å². The summed E-state index contributed by atoms with van der Waals surface area (Å²) in [4.78, 5) is 12.4. The maximum atomic E-state index is 13.1. The van der Waals surface area contributed by atoms with Gasteiger partial charge in [0.2, 0.25) is 0 Å². The second kappa shape index (κ2) is 7.88. The summed E-state index contributed by atoms with van der Waals surface area (Å²) >= 11 is 0. The van der Waals surface area contributed by atoms with Gasteiger partial charge in [-0.15, -0.1) is 0 Å². The van der Waals surface area contributed by atoms with Crippen molar-refractivity contribution in [3.63, 3.8) is 0 Å². The molecule has 0 bridgehead atoms. The van der Waals surface area contributed by atoms with Crippen molar-refractivity contribution in [2.75, 3.05) is 0 Å². The molecule has 1 N–H and O–H groups in total. The largest absolute Gasteiger partial charge is 0.348 e. The highest BCUT2D eigenvalue weighted by atomic mass is 19.1. The van der Waals surface area contributed by atoms with E-state index >= 15 is 0 Å². The van der Waals surface area contributed by atoms with Crippen LogP contribution >= 0.6 is 0 Å². The van der Waals surface area contributed by atoms with E-state index in [9.17, 15) is 9.18 Å². The molecule has 28 heavy (non-hydrogen) atoms.